The second-order valence-electron chi connectivity index (χ2n) is 4.99. The molecule has 112 valence electrons. The maximum Gasteiger partial charge on any atom is 0.341 e. The number of benzene rings is 1. The summed E-state index contributed by atoms with van der Waals surface area (Å²) < 4.78 is 1.60. The Balaban J connectivity index is 2.24. The van der Waals surface area contributed by atoms with E-state index in [1.165, 1.54) is 6.20 Å². The number of nitrogens with zero attached hydrogens (tertiary/aromatic N) is 3. The molecule has 1 N–H and O–H groups in total. The molecule has 0 aliphatic rings. The van der Waals surface area contributed by atoms with Gasteiger partial charge in [-0.15, -0.1) is 0 Å². The predicted octanol–water partition coefficient (Wildman–Crippen LogP) is 3.70. The smallest absolute Gasteiger partial charge is 0.341 e. The number of hydrogen-bond donors (Lipinski definition) is 1. The Morgan fingerprint density at radius 2 is 2.05 bits per heavy atom. The molecule has 2 heterocycles. The minimum atomic E-state index is -1.03. The fraction of sp³-hybridized carbons (Fsp3) is 0.188. The summed E-state index contributed by atoms with van der Waals surface area (Å²) in [5, 5.41) is 14.1. The lowest BCUT2D eigenvalue weighted by molar-refractivity contribution is 0.0699. The van der Waals surface area contributed by atoms with E-state index >= 15 is 0 Å². The Kier molecular flexibility index (Phi) is 3.81. The van der Waals surface area contributed by atoms with Gasteiger partial charge < -0.3 is 5.11 Å². The molecule has 3 aromatic rings. The van der Waals surface area contributed by atoms with Crippen molar-refractivity contribution in [2.45, 2.75) is 19.8 Å². The number of rotatable bonds is 4. The van der Waals surface area contributed by atoms with Crippen LogP contribution in [0.2, 0.25) is 5.02 Å². The molecular formula is C16H14ClN3O2. The lowest BCUT2D eigenvalue weighted by Crippen LogP contribution is -2.04. The molecule has 0 fully saturated rings. The summed E-state index contributed by atoms with van der Waals surface area (Å²) >= 11 is 5.91. The van der Waals surface area contributed by atoms with E-state index in [2.05, 4.69) is 17.0 Å². The summed E-state index contributed by atoms with van der Waals surface area (Å²) in [6.45, 7) is 2.07. The first-order chi connectivity index (χ1) is 10.6. The van der Waals surface area contributed by atoms with Gasteiger partial charge in [0.1, 0.15) is 5.56 Å². The minimum absolute atomic E-state index is 0.105. The number of aromatic nitrogens is 3. The summed E-state index contributed by atoms with van der Waals surface area (Å²) in [6.07, 6.45) is 3.07. The minimum Gasteiger partial charge on any atom is -0.477 e. The van der Waals surface area contributed by atoms with Crippen molar-refractivity contribution in [3.05, 3.63) is 52.8 Å². The number of carboxylic acid groups (broad SMARTS) is 1. The van der Waals surface area contributed by atoms with Crippen LogP contribution in [0.25, 0.3) is 16.9 Å². The number of carbonyl (C=O) groups is 1. The fourth-order valence-electron chi connectivity index (χ4n) is 2.38. The van der Waals surface area contributed by atoms with E-state index in [0.29, 0.717) is 10.7 Å². The van der Waals surface area contributed by atoms with Crippen molar-refractivity contribution in [1.29, 1.82) is 0 Å². The molecule has 0 saturated heterocycles. The highest BCUT2D eigenvalue weighted by Gasteiger charge is 2.16. The summed E-state index contributed by atoms with van der Waals surface area (Å²) in [5.74, 6) is -1.03. The van der Waals surface area contributed by atoms with Crippen LogP contribution in [0.4, 0.5) is 0 Å². The fourth-order valence-corrected chi connectivity index (χ4v) is 2.50. The second kappa shape index (κ2) is 5.77. The molecule has 6 heteroatoms. The number of aromatic carboxylic acids is 1. The monoisotopic (exact) mass is 315 g/mol. The van der Waals surface area contributed by atoms with E-state index < -0.39 is 5.97 Å². The Hall–Kier alpha value is -2.40. The van der Waals surface area contributed by atoms with Crippen LogP contribution in [-0.2, 0) is 6.42 Å². The second-order valence-corrected chi connectivity index (χ2v) is 5.42. The van der Waals surface area contributed by atoms with E-state index in [0.717, 1.165) is 29.8 Å². The van der Waals surface area contributed by atoms with Crippen molar-refractivity contribution in [1.82, 2.24) is 14.6 Å². The number of halogens is 1. The van der Waals surface area contributed by atoms with Crippen LogP contribution >= 0.6 is 11.6 Å². The van der Waals surface area contributed by atoms with Gasteiger partial charge in [-0.1, -0.05) is 37.1 Å². The van der Waals surface area contributed by atoms with Crippen LogP contribution in [0, 0.1) is 0 Å². The molecule has 0 amide bonds. The van der Waals surface area contributed by atoms with Crippen LogP contribution in [0.5, 0.6) is 0 Å². The highest BCUT2D eigenvalue weighted by Crippen LogP contribution is 2.23. The largest absolute Gasteiger partial charge is 0.477 e. The van der Waals surface area contributed by atoms with Gasteiger partial charge >= 0.3 is 5.97 Å². The molecule has 1 aromatic carbocycles. The van der Waals surface area contributed by atoms with Crippen LogP contribution in [0.3, 0.4) is 0 Å². The van der Waals surface area contributed by atoms with Gasteiger partial charge in [0, 0.05) is 16.3 Å². The van der Waals surface area contributed by atoms with Gasteiger partial charge in [0.25, 0.3) is 0 Å². The number of fused-ring (bicyclic) bond motifs is 1. The highest BCUT2D eigenvalue weighted by atomic mass is 35.5. The zero-order chi connectivity index (χ0) is 15.7. The normalized spacial score (nSPS) is 11.0. The van der Waals surface area contributed by atoms with Crippen LogP contribution in [0.1, 0.15) is 29.4 Å². The maximum atomic E-state index is 11.3. The van der Waals surface area contributed by atoms with Gasteiger partial charge in [-0.3, -0.25) is 0 Å². The quantitative estimate of drug-likeness (QED) is 0.797. The Morgan fingerprint density at radius 3 is 2.68 bits per heavy atom. The van der Waals surface area contributed by atoms with E-state index in [-0.39, 0.29) is 5.56 Å². The van der Waals surface area contributed by atoms with Crippen molar-refractivity contribution >= 4 is 23.2 Å². The van der Waals surface area contributed by atoms with E-state index in [9.17, 15) is 9.90 Å². The van der Waals surface area contributed by atoms with Crippen molar-refractivity contribution in [3.8, 4) is 11.3 Å². The molecule has 0 radical (unpaired) electrons. The van der Waals surface area contributed by atoms with Crippen LogP contribution in [-0.4, -0.2) is 25.7 Å². The molecule has 5 nitrogen and oxygen atoms in total. The highest BCUT2D eigenvalue weighted by molar-refractivity contribution is 6.30. The summed E-state index contributed by atoms with van der Waals surface area (Å²) in [6, 6.07) is 9.26. The first-order valence-electron chi connectivity index (χ1n) is 6.97. The van der Waals surface area contributed by atoms with Gasteiger partial charge in [-0.25, -0.2) is 14.3 Å². The summed E-state index contributed by atoms with van der Waals surface area (Å²) in [5.41, 5.74) is 3.01. The van der Waals surface area contributed by atoms with Crippen molar-refractivity contribution in [3.63, 3.8) is 0 Å². The molecule has 22 heavy (non-hydrogen) atoms. The van der Waals surface area contributed by atoms with Gasteiger partial charge in [0.2, 0.25) is 0 Å². The molecule has 0 saturated carbocycles. The van der Waals surface area contributed by atoms with Crippen LogP contribution in [0.15, 0.2) is 36.5 Å². The van der Waals surface area contributed by atoms with E-state index in [1.807, 2.05) is 18.2 Å². The van der Waals surface area contributed by atoms with Gasteiger partial charge in [-0.2, -0.15) is 5.10 Å². The van der Waals surface area contributed by atoms with Gasteiger partial charge in [0.15, 0.2) is 5.65 Å². The molecule has 0 aliphatic heterocycles. The van der Waals surface area contributed by atoms with Crippen molar-refractivity contribution in [2.75, 3.05) is 0 Å². The molecule has 0 unspecified atom stereocenters. The lowest BCUT2D eigenvalue weighted by Gasteiger charge is -2.08. The predicted molar refractivity (Wildman–Crippen MR) is 84.4 cm³/mol. The van der Waals surface area contributed by atoms with Crippen molar-refractivity contribution < 1.29 is 9.90 Å². The van der Waals surface area contributed by atoms with Crippen molar-refractivity contribution in [2.24, 2.45) is 0 Å². The number of carboxylic acids is 1. The third-order valence-electron chi connectivity index (χ3n) is 3.42. The Morgan fingerprint density at radius 1 is 1.32 bits per heavy atom. The average Bonchev–Trinajstić information content (AvgIpc) is 2.92. The van der Waals surface area contributed by atoms with E-state index in [1.54, 1.807) is 16.6 Å². The molecule has 0 aliphatic carbocycles. The Bertz CT molecular complexity index is 840. The first kappa shape index (κ1) is 14.5. The molecule has 0 atom stereocenters. The SMILES string of the molecule is CCCc1cc(-c2ccc(Cl)cc2)nc2c(C(=O)O)cnn12. The van der Waals surface area contributed by atoms with Gasteiger partial charge in [-0.05, 0) is 24.6 Å². The molecule has 0 bridgehead atoms. The molecule has 0 spiro atoms. The number of aryl methyl sites for hydroxylation is 1. The van der Waals surface area contributed by atoms with E-state index in [4.69, 9.17) is 11.6 Å². The zero-order valence-corrected chi connectivity index (χ0v) is 12.7. The number of hydrogen-bond acceptors (Lipinski definition) is 3. The van der Waals surface area contributed by atoms with Gasteiger partial charge in [0.05, 0.1) is 11.9 Å². The van der Waals surface area contributed by atoms with Crippen LogP contribution < -0.4 is 0 Å². The first-order valence-corrected chi connectivity index (χ1v) is 7.35. The average molecular weight is 316 g/mol. The third kappa shape index (κ3) is 2.55. The zero-order valence-electron chi connectivity index (χ0n) is 12.0. The Labute approximate surface area is 132 Å². The standard InChI is InChI=1S/C16H14ClN3O2/c1-2-3-12-8-14(10-4-6-11(17)7-5-10)19-15-13(16(21)22)9-18-20(12)15/h4-9H,2-3H2,1H3,(H,21,22). The molecule has 2 aromatic heterocycles. The molecular weight excluding hydrogens is 302 g/mol. The maximum absolute atomic E-state index is 11.3. The summed E-state index contributed by atoms with van der Waals surface area (Å²) in [7, 11) is 0. The third-order valence-corrected chi connectivity index (χ3v) is 3.67. The lowest BCUT2D eigenvalue weighted by atomic mass is 10.1. The molecule has 3 rings (SSSR count). The topological polar surface area (TPSA) is 67.5 Å². The summed E-state index contributed by atoms with van der Waals surface area (Å²) in [4.78, 5) is 15.8.